The molecule has 21 heavy (non-hydrogen) atoms. The number of nitrogens with zero attached hydrogens (tertiary/aromatic N) is 2. The molecule has 0 atom stereocenters. The van der Waals surface area contributed by atoms with E-state index in [0.29, 0.717) is 21.6 Å². The first-order chi connectivity index (χ1) is 9.99. The number of halogens is 1. The van der Waals surface area contributed by atoms with Crippen molar-refractivity contribution < 1.29 is 4.79 Å². The standard InChI is InChI=1S/C14H14ClN3O2S/c1-9-7-13(20)18(14(16-9)21-2)8-12(19)17-11-5-3-10(15)4-6-11/h3-7H,8H2,1-2H3,(H,17,19). The molecule has 1 amide bonds. The number of nitrogens with one attached hydrogen (secondary N) is 1. The quantitative estimate of drug-likeness (QED) is 0.694. The lowest BCUT2D eigenvalue weighted by atomic mass is 10.3. The molecular formula is C14H14ClN3O2S. The van der Waals surface area contributed by atoms with Crippen molar-refractivity contribution in [3.05, 3.63) is 51.4 Å². The molecule has 0 fully saturated rings. The first-order valence-electron chi connectivity index (χ1n) is 6.17. The van der Waals surface area contributed by atoms with Crippen LogP contribution in [0.4, 0.5) is 5.69 Å². The molecule has 0 bridgehead atoms. The Balaban J connectivity index is 2.16. The van der Waals surface area contributed by atoms with Gasteiger partial charge in [0.2, 0.25) is 5.91 Å². The Kier molecular flexibility index (Phi) is 5.03. The number of aromatic nitrogens is 2. The minimum atomic E-state index is -0.291. The average molecular weight is 324 g/mol. The van der Waals surface area contributed by atoms with Crippen molar-refractivity contribution in [1.29, 1.82) is 0 Å². The molecule has 1 heterocycles. The molecular weight excluding hydrogens is 310 g/mol. The van der Waals surface area contributed by atoms with Gasteiger partial charge in [0, 0.05) is 22.5 Å². The van der Waals surface area contributed by atoms with Gasteiger partial charge in [0.25, 0.3) is 5.56 Å². The fraction of sp³-hybridized carbons (Fsp3) is 0.214. The minimum Gasteiger partial charge on any atom is -0.325 e. The van der Waals surface area contributed by atoms with Gasteiger partial charge in [0.15, 0.2) is 5.16 Å². The molecule has 1 N–H and O–H groups in total. The van der Waals surface area contributed by atoms with E-state index in [4.69, 9.17) is 11.6 Å². The van der Waals surface area contributed by atoms with Crippen LogP contribution in [-0.4, -0.2) is 21.7 Å². The SMILES string of the molecule is CSc1nc(C)cc(=O)n1CC(=O)Nc1ccc(Cl)cc1. The van der Waals surface area contributed by atoms with Gasteiger partial charge in [-0.05, 0) is 37.4 Å². The number of rotatable bonds is 4. The maximum atomic E-state index is 12.0. The highest BCUT2D eigenvalue weighted by Gasteiger charge is 2.10. The second kappa shape index (κ2) is 6.78. The van der Waals surface area contributed by atoms with E-state index in [0.717, 1.165) is 0 Å². The molecule has 0 saturated carbocycles. The predicted molar refractivity (Wildman–Crippen MR) is 85.1 cm³/mol. The summed E-state index contributed by atoms with van der Waals surface area (Å²) in [6.45, 7) is 1.67. The lowest BCUT2D eigenvalue weighted by Crippen LogP contribution is -2.29. The van der Waals surface area contributed by atoms with Gasteiger partial charge in [-0.1, -0.05) is 23.4 Å². The number of carbonyl (C=O) groups excluding carboxylic acids is 1. The fourth-order valence-corrected chi connectivity index (χ4v) is 2.51. The lowest BCUT2D eigenvalue weighted by molar-refractivity contribution is -0.116. The molecule has 0 unspecified atom stereocenters. The number of benzene rings is 1. The van der Waals surface area contributed by atoms with Gasteiger partial charge in [0.05, 0.1) is 0 Å². The second-order valence-electron chi connectivity index (χ2n) is 4.36. The van der Waals surface area contributed by atoms with E-state index in [1.54, 1.807) is 31.2 Å². The molecule has 5 nitrogen and oxygen atoms in total. The van der Waals surface area contributed by atoms with Crippen LogP contribution in [0.25, 0.3) is 0 Å². The van der Waals surface area contributed by atoms with Gasteiger partial charge in [-0.15, -0.1) is 0 Å². The van der Waals surface area contributed by atoms with Crippen LogP contribution in [0.15, 0.2) is 40.3 Å². The molecule has 0 aliphatic rings. The summed E-state index contributed by atoms with van der Waals surface area (Å²) in [5.74, 6) is -0.291. The second-order valence-corrected chi connectivity index (χ2v) is 5.57. The van der Waals surface area contributed by atoms with E-state index >= 15 is 0 Å². The van der Waals surface area contributed by atoms with Gasteiger partial charge >= 0.3 is 0 Å². The number of hydrogen-bond donors (Lipinski definition) is 1. The molecule has 0 aliphatic carbocycles. The van der Waals surface area contributed by atoms with Crippen molar-refractivity contribution in [2.75, 3.05) is 11.6 Å². The Morgan fingerprint density at radius 3 is 2.67 bits per heavy atom. The summed E-state index contributed by atoms with van der Waals surface area (Å²) in [4.78, 5) is 28.2. The largest absolute Gasteiger partial charge is 0.325 e. The highest BCUT2D eigenvalue weighted by atomic mass is 35.5. The Labute approximate surface area is 131 Å². The zero-order valence-electron chi connectivity index (χ0n) is 11.6. The van der Waals surface area contributed by atoms with Crippen LogP contribution >= 0.6 is 23.4 Å². The summed E-state index contributed by atoms with van der Waals surface area (Å²) in [6, 6.07) is 8.18. The zero-order valence-corrected chi connectivity index (χ0v) is 13.2. The van der Waals surface area contributed by atoms with Crippen molar-refractivity contribution in [3.8, 4) is 0 Å². The molecule has 0 saturated heterocycles. The number of anilines is 1. The summed E-state index contributed by atoms with van der Waals surface area (Å²) in [5.41, 5.74) is 1.03. The molecule has 7 heteroatoms. The molecule has 1 aromatic heterocycles. The number of amides is 1. The normalized spacial score (nSPS) is 10.4. The summed E-state index contributed by atoms with van der Waals surface area (Å²) in [7, 11) is 0. The third-order valence-electron chi connectivity index (χ3n) is 2.71. The number of hydrogen-bond acceptors (Lipinski definition) is 4. The third-order valence-corrected chi connectivity index (χ3v) is 3.64. The molecule has 0 radical (unpaired) electrons. The van der Waals surface area contributed by atoms with Crippen LogP contribution in [-0.2, 0) is 11.3 Å². The van der Waals surface area contributed by atoms with Crippen LogP contribution in [0.3, 0.4) is 0 Å². The molecule has 0 aliphatic heterocycles. The number of thioether (sulfide) groups is 1. The van der Waals surface area contributed by atoms with Crippen LogP contribution in [0.1, 0.15) is 5.69 Å². The summed E-state index contributed by atoms with van der Waals surface area (Å²) < 4.78 is 1.35. The van der Waals surface area contributed by atoms with Gasteiger partial charge in [-0.25, -0.2) is 4.98 Å². The van der Waals surface area contributed by atoms with E-state index in [1.807, 2.05) is 6.26 Å². The van der Waals surface area contributed by atoms with Gasteiger partial charge in [-0.2, -0.15) is 0 Å². The van der Waals surface area contributed by atoms with Crippen molar-refractivity contribution in [2.45, 2.75) is 18.6 Å². The van der Waals surface area contributed by atoms with Gasteiger partial charge < -0.3 is 5.32 Å². The highest BCUT2D eigenvalue weighted by molar-refractivity contribution is 7.98. The molecule has 0 spiro atoms. The maximum Gasteiger partial charge on any atom is 0.254 e. The van der Waals surface area contributed by atoms with E-state index in [-0.39, 0.29) is 18.0 Å². The predicted octanol–water partition coefficient (Wildman–Crippen LogP) is 2.57. The Morgan fingerprint density at radius 1 is 1.38 bits per heavy atom. The smallest absolute Gasteiger partial charge is 0.254 e. The van der Waals surface area contributed by atoms with Crippen LogP contribution in [0.5, 0.6) is 0 Å². The van der Waals surface area contributed by atoms with Crippen LogP contribution < -0.4 is 10.9 Å². The molecule has 110 valence electrons. The van der Waals surface area contributed by atoms with E-state index in [9.17, 15) is 9.59 Å². The van der Waals surface area contributed by atoms with Crippen molar-refractivity contribution in [3.63, 3.8) is 0 Å². The Bertz CT molecular complexity index is 713. The summed E-state index contributed by atoms with van der Waals surface area (Å²) in [6.07, 6.45) is 1.81. The van der Waals surface area contributed by atoms with E-state index in [1.165, 1.54) is 22.4 Å². The number of carbonyl (C=O) groups is 1. The van der Waals surface area contributed by atoms with E-state index < -0.39 is 0 Å². The van der Waals surface area contributed by atoms with Crippen LogP contribution in [0, 0.1) is 6.92 Å². The lowest BCUT2D eigenvalue weighted by Gasteiger charge is -2.11. The van der Waals surface area contributed by atoms with Crippen molar-refractivity contribution in [2.24, 2.45) is 0 Å². The molecule has 2 rings (SSSR count). The minimum absolute atomic E-state index is 0.0785. The van der Waals surface area contributed by atoms with E-state index in [2.05, 4.69) is 10.3 Å². The number of aryl methyl sites for hydroxylation is 1. The first-order valence-corrected chi connectivity index (χ1v) is 7.78. The van der Waals surface area contributed by atoms with Crippen molar-refractivity contribution >= 4 is 35.0 Å². The monoisotopic (exact) mass is 323 g/mol. The molecule has 2 aromatic rings. The van der Waals surface area contributed by atoms with Gasteiger partial charge in [0.1, 0.15) is 6.54 Å². The maximum absolute atomic E-state index is 12.0. The third kappa shape index (κ3) is 4.09. The summed E-state index contributed by atoms with van der Waals surface area (Å²) >= 11 is 7.11. The zero-order chi connectivity index (χ0) is 15.4. The fourth-order valence-electron chi connectivity index (χ4n) is 1.77. The summed E-state index contributed by atoms with van der Waals surface area (Å²) in [5, 5.41) is 3.83. The Hall–Kier alpha value is -1.79. The van der Waals surface area contributed by atoms with Gasteiger partial charge in [-0.3, -0.25) is 14.2 Å². The Morgan fingerprint density at radius 2 is 2.05 bits per heavy atom. The van der Waals surface area contributed by atoms with Crippen LogP contribution in [0.2, 0.25) is 5.02 Å². The van der Waals surface area contributed by atoms with Crippen molar-refractivity contribution in [1.82, 2.24) is 9.55 Å². The molecule has 1 aromatic carbocycles. The average Bonchev–Trinajstić information content (AvgIpc) is 2.44. The highest BCUT2D eigenvalue weighted by Crippen LogP contribution is 2.14. The topological polar surface area (TPSA) is 64.0 Å². The first kappa shape index (κ1) is 15.6.